The average molecular weight is 358 g/mol. The monoisotopic (exact) mass is 358 g/mol. The van der Waals surface area contributed by atoms with Crippen molar-refractivity contribution in [3.05, 3.63) is 88.5 Å². The summed E-state index contributed by atoms with van der Waals surface area (Å²) >= 11 is 0. The molecule has 0 amide bonds. The summed E-state index contributed by atoms with van der Waals surface area (Å²) in [6.07, 6.45) is 1.87. The van der Waals surface area contributed by atoms with E-state index in [2.05, 4.69) is 68.7 Å². The molecule has 136 valence electrons. The Balaban J connectivity index is 2.02. The van der Waals surface area contributed by atoms with Crippen LogP contribution in [-0.2, 0) is 0 Å². The van der Waals surface area contributed by atoms with E-state index in [0.717, 1.165) is 22.6 Å². The minimum Gasteiger partial charge on any atom is -0.318 e. The maximum atomic E-state index is 13.2. The average Bonchev–Trinajstić information content (AvgIpc) is 2.94. The predicted octanol–water partition coefficient (Wildman–Crippen LogP) is 6.42. The van der Waals surface area contributed by atoms with E-state index in [4.69, 9.17) is 0 Å². The van der Waals surface area contributed by atoms with E-state index in [1.54, 1.807) is 12.1 Å². The van der Waals surface area contributed by atoms with Crippen LogP contribution in [0.15, 0.2) is 54.6 Å². The van der Waals surface area contributed by atoms with E-state index in [1.807, 2.05) is 6.08 Å². The Bertz CT molecular complexity index is 1010. The highest BCUT2D eigenvalue weighted by molar-refractivity contribution is 5.90. The number of hydrogen-bond acceptors (Lipinski definition) is 1. The fourth-order valence-electron chi connectivity index (χ4n) is 3.30. The SMILES string of the molecule is Cc1cc(/C=C(/C#N)c2ccc(F)cc2)c(C)n1-c1ccc(C(C)C)cc1. The molecule has 2 nitrogen and oxygen atoms in total. The van der Waals surface area contributed by atoms with E-state index in [9.17, 15) is 9.65 Å². The van der Waals surface area contributed by atoms with Crippen molar-refractivity contribution in [1.82, 2.24) is 4.57 Å². The Morgan fingerprint density at radius 3 is 2.22 bits per heavy atom. The molecule has 0 radical (unpaired) electrons. The van der Waals surface area contributed by atoms with Crippen LogP contribution in [0.25, 0.3) is 17.3 Å². The Kier molecular flexibility index (Phi) is 5.28. The molecule has 0 atom stereocenters. The molecule has 0 aliphatic carbocycles. The molecule has 3 rings (SSSR count). The molecule has 0 saturated carbocycles. The van der Waals surface area contributed by atoms with Gasteiger partial charge in [0.05, 0.1) is 11.6 Å². The van der Waals surface area contributed by atoms with Gasteiger partial charge >= 0.3 is 0 Å². The van der Waals surface area contributed by atoms with Gasteiger partial charge in [0.1, 0.15) is 5.82 Å². The van der Waals surface area contributed by atoms with Crippen molar-refractivity contribution in [2.24, 2.45) is 0 Å². The lowest BCUT2D eigenvalue weighted by Gasteiger charge is -2.12. The summed E-state index contributed by atoms with van der Waals surface area (Å²) in [5.41, 5.74) is 6.81. The van der Waals surface area contributed by atoms with Gasteiger partial charge in [0.15, 0.2) is 0 Å². The molecule has 1 aromatic heterocycles. The highest BCUT2D eigenvalue weighted by Gasteiger charge is 2.11. The Morgan fingerprint density at radius 2 is 1.67 bits per heavy atom. The maximum Gasteiger partial charge on any atom is 0.123 e. The number of aromatic nitrogens is 1. The third kappa shape index (κ3) is 3.85. The molecule has 0 aliphatic rings. The highest BCUT2D eigenvalue weighted by Crippen LogP contribution is 2.26. The Labute approximate surface area is 160 Å². The maximum absolute atomic E-state index is 13.2. The largest absolute Gasteiger partial charge is 0.318 e. The molecule has 0 saturated heterocycles. The Hall–Kier alpha value is -3.12. The quantitative estimate of drug-likeness (QED) is 0.495. The predicted molar refractivity (Wildman–Crippen MR) is 109 cm³/mol. The smallest absolute Gasteiger partial charge is 0.123 e. The Morgan fingerprint density at radius 1 is 1.04 bits per heavy atom. The third-order valence-corrected chi connectivity index (χ3v) is 4.86. The van der Waals surface area contributed by atoms with E-state index in [0.29, 0.717) is 17.1 Å². The first-order chi connectivity index (χ1) is 12.9. The standard InChI is InChI=1S/C24H23FN2/c1-16(2)19-7-11-24(12-8-19)27-17(3)13-21(18(27)4)14-22(15-26)20-5-9-23(25)10-6-20/h5-14,16H,1-4H3/b22-14-. The van der Waals surface area contributed by atoms with Crippen LogP contribution in [0.3, 0.4) is 0 Å². The molecule has 3 aromatic rings. The second kappa shape index (κ2) is 7.63. The molecule has 1 heterocycles. The summed E-state index contributed by atoms with van der Waals surface area (Å²) in [6, 6.07) is 18.9. The first kappa shape index (κ1) is 18.7. The lowest BCUT2D eigenvalue weighted by atomic mass is 10.0. The molecular formula is C24H23FN2. The van der Waals surface area contributed by atoms with Gasteiger partial charge < -0.3 is 4.57 Å². The van der Waals surface area contributed by atoms with Crippen molar-refractivity contribution in [3.8, 4) is 11.8 Å². The van der Waals surface area contributed by atoms with Crippen LogP contribution in [0.1, 0.15) is 47.8 Å². The summed E-state index contributed by atoms with van der Waals surface area (Å²) in [4.78, 5) is 0. The number of nitriles is 1. The molecule has 0 bridgehead atoms. The number of nitrogens with zero attached hydrogens (tertiary/aromatic N) is 2. The van der Waals surface area contributed by atoms with Gasteiger partial charge in [-0.3, -0.25) is 0 Å². The van der Waals surface area contributed by atoms with Crippen molar-refractivity contribution in [2.45, 2.75) is 33.6 Å². The summed E-state index contributed by atoms with van der Waals surface area (Å²) < 4.78 is 15.4. The summed E-state index contributed by atoms with van der Waals surface area (Å²) in [5, 5.41) is 9.56. The molecule has 3 heteroatoms. The van der Waals surface area contributed by atoms with Crippen molar-refractivity contribution in [1.29, 1.82) is 5.26 Å². The van der Waals surface area contributed by atoms with E-state index < -0.39 is 0 Å². The minimum absolute atomic E-state index is 0.306. The van der Waals surface area contributed by atoms with Gasteiger partial charge in [-0.15, -0.1) is 0 Å². The normalized spacial score (nSPS) is 11.7. The van der Waals surface area contributed by atoms with Gasteiger partial charge in [0.25, 0.3) is 0 Å². The number of allylic oxidation sites excluding steroid dienone is 1. The van der Waals surface area contributed by atoms with E-state index in [1.165, 1.54) is 17.7 Å². The molecule has 0 unspecified atom stereocenters. The fourth-order valence-corrected chi connectivity index (χ4v) is 3.30. The van der Waals surface area contributed by atoms with E-state index >= 15 is 0 Å². The molecule has 2 aromatic carbocycles. The first-order valence-electron chi connectivity index (χ1n) is 9.07. The van der Waals surface area contributed by atoms with Crippen LogP contribution in [0, 0.1) is 31.0 Å². The molecular weight excluding hydrogens is 335 g/mol. The van der Waals surface area contributed by atoms with Crippen LogP contribution in [-0.4, -0.2) is 4.57 Å². The summed E-state index contributed by atoms with van der Waals surface area (Å²) in [5.74, 6) is 0.192. The van der Waals surface area contributed by atoms with Crippen LogP contribution < -0.4 is 0 Å². The lowest BCUT2D eigenvalue weighted by Crippen LogP contribution is -1.99. The van der Waals surface area contributed by atoms with Gasteiger partial charge in [0.2, 0.25) is 0 Å². The zero-order valence-electron chi connectivity index (χ0n) is 16.1. The molecule has 0 fully saturated rings. The number of halogens is 1. The van der Waals surface area contributed by atoms with Crippen molar-refractivity contribution in [2.75, 3.05) is 0 Å². The van der Waals surface area contributed by atoms with Crippen LogP contribution in [0.5, 0.6) is 0 Å². The number of benzene rings is 2. The first-order valence-corrected chi connectivity index (χ1v) is 9.07. The molecule has 0 spiro atoms. The molecule has 0 N–H and O–H groups in total. The van der Waals surface area contributed by atoms with Gasteiger partial charge in [-0.2, -0.15) is 5.26 Å². The van der Waals surface area contributed by atoms with Gasteiger partial charge in [-0.1, -0.05) is 38.1 Å². The van der Waals surface area contributed by atoms with Crippen molar-refractivity contribution >= 4 is 11.6 Å². The second-order valence-electron chi connectivity index (χ2n) is 7.08. The summed E-state index contributed by atoms with van der Waals surface area (Å²) in [7, 11) is 0. The minimum atomic E-state index is -0.306. The van der Waals surface area contributed by atoms with Crippen LogP contribution in [0.4, 0.5) is 4.39 Å². The summed E-state index contributed by atoms with van der Waals surface area (Å²) in [6.45, 7) is 8.48. The lowest BCUT2D eigenvalue weighted by molar-refractivity contribution is 0.627. The topological polar surface area (TPSA) is 28.7 Å². The van der Waals surface area contributed by atoms with Crippen molar-refractivity contribution in [3.63, 3.8) is 0 Å². The molecule has 0 aliphatic heterocycles. The zero-order chi connectivity index (χ0) is 19.6. The third-order valence-electron chi connectivity index (χ3n) is 4.86. The molecule has 27 heavy (non-hydrogen) atoms. The highest BCUT2D eigenvalue weighted by atomic mass is 19.1. The van der Waals surface area contributed by atoms with Crippen LogP contribution >= 0.6 is 0 Å². The van der Waals surface area contributed by atoms with Gasteiger partial charge in [0, 0.05) is 17.1 Å². The number of rotatable bonds is 4. The van der Waals surface area contributed by atoms with Crippen LogP contribution in [0.2, 0.25) is 0 Å². The number of aryl methyl sites for hydroxylation is 1. The van der Waals surface area contributed by atoms with Gasteiger partial charge in [-0.05, 0) is 72.9 Å². The van der Waals surface area contributed by atoms with E-state index in [-0.39, 0.29) is 5.82 Å². The van der Waals surface area contributed by atoms with Crippen molar-refractivity contribution < 1.29 is 4.39 Å². The number of hydrogen-bond donors (Lipinski definition) is 0. The second-order valence-corrected chi connectivity index (χ2v) is 7.08. The van der Waals surface area contributed by atoms with Gasteiger partial charge in [-0.25, -0.2) is 4.39 Å². The fraction of sp³-hybridized carbons (Fsp3) is 0.208. The zero-order valence-corrected chi connectivity index (χ0v) is 16.1.